The lowest BCUT2D eigenvalue weighted by Crippen LogP contribution is -2.12. The number of pyridine rings is 1. The Kier molecular flexibility index (Phi) is 5.33. The van der Waals surface area contributed by atoms with E-state index in [0.717, 1.165) is 0 Å². The maximum absolute atomic E-state index is 13.5. The Morgan fingerprint density at radius 3 is 2.27 bits per heavy atom. The van der Waals surface area contributed by atoms with Crippen LogP contribution in [0.5, 0.6) is 5.75 Å². The third-order valence-electron chi connectivity index (χ3n) is 4.72. The molecule has 0 spiro atoms. The molecule has 0 saturated carbocycles. The highest BCUT2D eigenvalue weighted by molar-refractivity contribution is 7.91. The first kappa shape index (κ1) is 19.8. The van der Waals surface area contributed by atoms with E-state index in [1.54, 1.807) is 66.7 Å². The summed E-state index contributed by atoms with van der Waals surface area (Å²) in [6, 6.07) is 21.7. The Balaban J connectivity index is 1.93. The normalized spacial score (nSPS) is 11.4. The predicted octanol–water partition coefficient (Wildman–Crippen LogP) is 4.70. The van der Waals surface area contributed by atoms with Gasteiger partial charge in [0, 0.05) is 17.1 Å². The molecule has 0 atom stereocenters. The van der Waals surface area contributed by atoms with Crippen molar-refractivity contribution in [3.05, 3.63) is 96.2 Å². The molecule has 30 heavy (non-hydrogen) atoms. The van der Waals surface area contributed by atoms with Crippen LogP contribution in [-0.2, 0) is 9.84 Å². The van der Waals surface area contributed by atoms with Crippen molar-refractivity contribution in [2.45, 2.75) is 16.7 Å². The van der Waals surface area contributed by atoms with Crippen LogP contribution < -0.4 is 4.74 Å². The van der Waals surface area contributed by atoms with E-state index in [1.807, 2.05) is 6.92 Å². The smallest absolute Gasteiger partial charge is 0.208 e. The van der Waals surface area contributed by atoms with Crippen LogP contribution in [-0.4, -0.2) is 25.8 Å². The van der Waals surface area contributed by atoms with E-state index in [9.17, 15) is 13.2 Å². The number of hydrogen-bond acceptors (Lipinski definition) is 5. The fourth-order valence-electron chi connectivity index (χ4n) is 3.31. The van der Waals surface area contributed by atoms with Gasteiger partial charge in [-0.2, -0.15) is 0 Å². The molecule has 0 N–H and O–H groups in total. The van der Waals surface area contributed by atoms with Crippen molar-refractivity contribution in [3.8, 4) is 5.75 Å². The molecule has 0 saturated heterocycles. The minimum Gasteiger partial charge on any atom is -0.494 e. The maximum Gasteiger partial charge on any atom is 0.208 e. The fourth-order valence-corrected chi connectivity index (χ4v) is 4.96. The highest BCUT2D eigenvalue weighted by Crippen LogP contribution is 2.32. The molecule has 0 fully saturated rings. The Morgan fingerprint density at radius 1 is 0.900 bits per heavy atom. The highest BCUT2D eigenvalue weighted by atomic mass is 32.2. The third-order valence-corrected chi connectivity index (χ3v) is 6.59. The van der Waals surface area contributed by atoms with E-state index < -0.39 is 15.6 Å². The Morgan fingerprint density at radius 2 is 1.57 bits per heavy atom. The van der Waals surface area contributed by atoms with E-state index in [2.05, 4.69) is 4.98 Å². The zero-order chi connectivity index (χ0) is 21.1. The largest absolute Gasteiger partial charge is 0.494 e. The average Bonchev–Trinajstić information content (AvgIpc) is 2.79. The third kappa shape index (κ3) is 3.57. The first-order valence-electron chi connectivity index (χ1n) is 9.48. The molecule has 6 heteroatoms. The van der Waals surface area contributed by atoms with Crippen molar-refractivity contribution in [2.75, 3.05) is 6.61 Å². The second-order valence-electron chi connectivity index (χ2n) is 6.62. The summed E-state index contributed by atoms with van der Waals surface area (Å²) in [7, 11) is -3.95. The number of aromatic nitrogens is 1. The van der Waals surface area contributed by atoms with Crippen LogP contribution in [0.2, 0.25) is 0 Å². The van der Waals surface area contributed by atoms with E-state index >= 15 is 0 Å². The van der Waals surface area contributed by atoms with Crippen LogP contribution in [0.3, 0.4) is 0 Å². The van der Waals surface area contributed by atoms with E-state index in [1.165, 1.54) is 18.3 Å². The van der Waals surface area contributed by atoms with Crippen molar-refractivity contribution in [3.63, 3.8) is 0 Å². The Hall–Kier alpha value is -3.51. The number of rotatable bonds is 6. The van der Waals surface area contributed by atoms with Crippen molar-refractivity contribution < 1.29 is 17.9 Å². The molecule has 150 valence electrons. The molecule has 0 unspecified atom stereocenters. The van der Waals surface area contributed by atoms with Crippen molar-refractivity contribution >= 4 is 26.5 Å². The van der Waals surface area contributed by atoms with Crippen LogP contribution in [0.25, 0.3) is 10.9 Å². The second kappa shape index (κ2) is 8.08. The Bertz CT molecular complexity index is 1310. The van der Waals surface area contributed by atoms with Crippen LogP contribution >= 0.6 is 0 Å². The monoisotopic (exact) mass is 417 g/mol. The number of nitrogens with zero attached hydrogens (tertiary/aromatic N) is 1. The molecule has 0 aliphatic rings. The van der Waals surface area contributed by atoms with Gasteiger partial charge in [0.25, 0.3) is 0 Å². The first-order chi connectivity index (χ1) is 14.5. The minimum absolute atomic E-state index is 0.0295. The second-order valence-corrected chi connectivity index (χ2v) is 8.51. The minimum atomic E-state index is -3.95. The van der Waals surface area contributed by atoms with Crippen LogP contribution in [0.15, 0.2) is 94.9 Å². The quantitative estimate of drug-likeness (QED) is 0.425. The summed E-state index contributed by atoms with van der Waals surface area (Å²) < 4.78 is 32.5. The molecule has 0 amide bonds. The van der Waals surface area contributed by atoms with Gasteiger partial charge >= 0.3 is 0 Å². The molecule has 4 rings (SSSR count). The van der Waals surface area contributed by atoms with Gasteiger partial charge in [0.15, 0.2) is 5.78 Å². The summed E-state index contributed by atoms with van der Waals surface area (Å²) in [5.41, 5.74) is 0.914. The van der Waals surface area contributed by atoms with Crippen LogP contribution in [0.1, 0.15) is 22.8 Å². The number of carbonyl (C=O) groups is 1. The summed E-state index contributed by atoms with van der Waals surface area (Å²) >= 11 is 0. The molecule has 0 bridgehead atoms. The van der Waals surface area contributed by atoms with Gasteiger partial charge in [-0.25, -0.2) is 8.42 Å². The van der Waals surface area contributed by atoms with Gasteiger partial charge in [0.2, 0.25) is 9.84 Å². The van der Waals surface area contributed by atoms with Crippen LogP contribution in [0.4, 0.5) is 0 Å². The van der Waals surface area contributed by atoms with E-state index in [4.69, 9.17) is 4.74 Å². The molecule has 0 aliphatic heterocycles. The molecule has 0 aliphatic carbocycles. The average molecular weight is 417 g/mol. The molecule has 1 aromatic heterocycles. The van der Waals surface area contributed by atoms with Gasteiger partial charge in [-0.15, -0.1) is 0 Å². The summed E-state index contributed by atoms with van der Waals surface area (Å²) in [6.45, 7) is 2.39. The van der Waals surface area contributed by atoms with Gasteiger partial charge in [0.05, 0.1) is 27.5 Å². The lowest BCUT2D eigenvalue weighted by atomic mass is 10.0. The molecular formula is C24H19NO4S. The number of para-hydroxylation sites is 1. The van der Waals surface area contributed by atoms with Crippen molar-refractivity contribution in [1.29, 1.82) is 0 Å². The number of sulfone groups is 1. The molecule has 5 nitrogen and oxygen atoms in total. The molecule has 0 radical (unpaired) electrons. The molecule has 3 aromatic carbocycles. The lowest BCUT2D eigenvalue weighted by Gasteiger charge is -2.13. The topological polar surface area (TPSA) is 73.3 Å². The van der Waals surface area contributed by atoms with E-state index in [0.29, 0.717) is 28.8 Å². The number of fused-ring (bicyclic) bond motifs is 1. The maximum atomic E-state index is 13.5. The van der Waals surface area contributed by atoms with Gasteiger partial charge in [-0.1, -0.05) is 36.4 Å². The SMILES string of the molecule is CCOc1ccc(C(=O)c2cnc3ccccc3c2S(=O)(=O)c2ccccc2)cc1. The summed E-state index contributed by atoms with van der Waals surface area (Å²) in [5.74, 6) is 0.230. The standard InChI is InChI=1S/C24H19NO4S/c1-2-29-18-14-12-17(13-15-18)23(26)21-16-25-22-11-7-6-10-20(22)24(21)30(27,28)19-8-4-3-5-9-19/h3-16H,2H2,1H3. The Labute approximate surface area is 174 Å². The summed E-state index contributed by atoms with van der Waals surface area (Å²) in [5, 5.41) is 0.415. The molecule has 4 aromatic rings. The highest BCUT2D eigenvalue weighted by Gasteiger charge is 2.28. The van der Waals surface area contributed by atoms with Gasteiger partial charge in [-0.3, -0.25) is 9.78 Å². The number of carbonyl (C=O) groups excluding carboxylic acids is 1. The van der Waals surface area contributed by atoms with Crippen molar-refractivity contribution in [2.24, 2.45) is 0 Å². The first-order valence-corrected chi connectivity index (χ1v) is 11.0. The lowest BCUT2D eigenvalue weighted by molar-refractivity contribution is 0.103. The van der Waals surface area contributed by atoms with Crippen LogP contribution in [0, 0.1) is 0 Å². The fraction of sp³-hybridized carbons (Fsp3) is 0.0833. The molecule has 1 heterocycles. The zero-order valence-corrected chi connectivity index (χ0v) is 17.1. The molecular weight excluding hydrogens is 398 g/mol. The summed E-state index contributed by atoms with van der Waals surface area (Å²) in [4.78, 5) is 17.7. The number of ketones is 1. The zero-order valence-electron chi connectivity index (χ0n) is 16.3. The summed E-state index contributed by atoms with van der Waals surface area (Å²) in [6.07, 6.45) is 1.34. The van der Waals surface area contributed by atoms with E-state index in [-0.39, 0.29) is 15.4 Å². The number of ether oxygens (including phenoxy) is 1. The number of benzene rings is 3. The van der Waals surface area contributed by atoms with Gasteiger partial charge in [0.1, 0.15) is 5.75 Å². The predicted molar refractivity (Wildman–Crippen MR) is 115 cm³/mol. The van der Waals surface area contributed by atoms with Gasteiger partial charge in [-0.05, 0) is 49.4 Å². The van der Waals surface area contributed by atoms with Gasteiger partial charge < -0.3 is 4.74 Å². The van der Waals surface area contributed by atoms with Crippen molar-refractivity contribution in [1.82, 2.24) is 4.98 Å². The number of hydrogen-bond donors (Lipinski definition) is 0.